The summed E-state index contributed by atoms with van der Waals surface area (Å²) in [5.41, 5.74) is 4.94. The number of ether oxygens (including phenoxy) is 1. The minimum atomic E-state index is -0.423. The maximum Gasteiger partial charge on any atom is 0.277 e. The van der Waals surface area contributed by atoms with Crippen molar-refractivity contribution in [2.45, 2.75) is 25.5 Å². The van der Waals surface area contributed by atoms with Crippen LogP contribution in [-0.2, 0) is 4.79 Å². The van der Waals surface area contributed by atoms with Crippen molar-refractivity contribution in [1.29, 1.82) is 0 Å². The summed E-state index contributed by atoms with van der Waals surface area (Å²) in [6, 6.07) is 13.4. The summed E-state index contributed by atoms with van der Waals surface area (Å²) in [5, 5.41) is 8.91. The lowest BCUT2D eigenvalue weighted by molar-refractivity contribution is -0.123. The van der Waals surface area contributed by atoms with Gasteiger partial charge in [-0.1, -0.05) is 36.9 Å². The van der Waals surface area contributed by atoms with E-state index >= 15 is 0 Å². The van der Waals surface area contributed by atoms with Gasteiger partial charge in [0.05, 0.1) is 12.3 Å². The molecule has 1 atom stereocenters. The summed E-state index contributed by atoms with van der Waals surface area (Å²) >= 11 is 1.77. The number of carbonyl (C=O) groups excluding carboxylic acids is 1. The maximum absolute atomic E-state index is 13.1. The molecular formula is C21H23FN4O2S. The molecule has 6 nitrogen and oxygen atoms in total. The van der Waals surface area contributed by atoms with Crippen molar-refractivity contribution in [3.8, 4) is 5.75 Å². The Bertz CT molecular complexity index is 915. The molecule has 0 unspecified atom stereocenters. The predicted molar refractivity (Wildman–Crippen MR) is 116 cm³/mol. The fourth-order valence-electron chi connectivity index (χ4n) is 2.57. The third-order valence-electron chi connectivity index (χ3n) is 4.24. The second-order valence-electron chi connectivity index (χ2n) is 6.47. The number of thioether (sulfide) groups is 1. The summed E-state index contributed by atoms with van der Waals surface area (Å²) in [6.07, 6.45) is 1.10. The van der Waals surface area contributed by atoms with Crippen LogP contribution in [0, 0.1) is 5.82 Å². The highest BCUT2D eigenvalue weighted by Crippen LogP contribution is 2.24. The average Bonchev–Trinajstić information content (AvgIpc) is 3.18. The lowest BCUT2D eigenvalue weighted by Gasteiger charge is -2.08. The van der Waals surface area contributed by atoms with Crippen LogP contribution in [0.1, 0.15) is 25.8 Å². The number of anilines is 1. The lowest BCUT2D eigenvalue weighted by atomic mass is 10.1. The number of benzene rings is 2. The van der Waals surface area contributed by atoms with Crippen molar-refractivity contribution in [2.24, 2.45) is 10.1 Å². The third-order valence-corrected chi connectivity index (χ3v) is 5.51. The Kier molecular flexibility index (Phi) is 7.24. The molecule has 1 aliphatic heterocycles. The monoisotopic (exact) mass is 414 g/mol. The number of nitrogens with one attached hydrogen (secondary N) is 2. The fourth-order valence-corrected chi connectivity index (χ4v) is 3.52. The molecule has 0 aromatic heterocycles. The quantitative estimate of drug-likeness (QED) is 0.530. The van der Waals surface area contributed by atoms with E-state index in [1.807, 2.05) is 24.3 Å². The minimum Gasteiger partial charge on any atom is -0.484 e. The molecule has 0 aliphatic carbocycles. The molecule has 1 amide bonds. The van der Waals surface area contributed by atoms with E-state index in [-0.39, 0.29) is 6.61 Å². The van der Waals surface area contributed by atoms with Crippen LogP contribution in [0.25, 0.3) is 0 Å². The highest BCUT2D eigenvalue weighted by Gasteiger charge is 2.17. The van der Waals surface area contributed by atoms with E-state index in [0.29, 0.717) is 16.7 Å². The number of halogens is 1. The van der Waals surface area contributed by atoms with Crippen LogP contribution in [0.2, 0.25) is 0 Å². The highest BCUT2D eigenvalue weighted by atomic mass is 32.2. The van der Waals surface area contributed by atoms with Gasteiger partial charge in [0.2, 0.25) is 0 Å². The molecule has 3 rings (SSSR count). The van der Waals surface area contributed by atoms with E-state index in [4.69, 9.17) is 4.74 Å². The summed E-state index contributed by atoms with van der Waals surface area (Å²) in [6.45, 7) is 4.58. The zero-order chi connectivity index (χ0) is 20.6. The van der Waals surface area contributed by atoms with Crippen LogP contribution >= 0.6 is 11.8 Å². The molecule has 0 saturated carbocycles. The zero-order valence-electron chi connectivity index (χ0n) is 16.3. The molecule has 0 fully saturated rings. The second-order valence-corrected chi connectivity index (χ2v) is 7.76. The number of rotatable bonds is 7. The van der Waals surface area contributed by atoms with Crippen molar-refractivity contribution in [1.82, 2.24) is 5.43 Å². The fraction of sp³-hybridized carbons (Fsp3) is 0.286. The Hall–Kier alpha value is -2.87. The zero-order valence-corrected chi connectivity index (χ0v) is 17.1. The molecule has 1 aliphatic rings. The van der Waals surface area contributed by atoms with Gasteiger partial charge < -0.3 is 10.1 Å². The van der Waals surface area contributed by atoms with Crippen LogP contribution < -0.4 is 15.5 Å². The number of nitrogens with zero attached hydrogens (tertiary/aromatic N) is 2. The van der Waals surface area contributed by atoms with Gasteiger partial charge in [0, 0.05) is 17.0 Å². The van der Waals surface area contributed by atoms with Crippen LogP contribution in [0.4, 0.5) is 10.1 Å². The second kappa shape index (κ2) is 10.1. The van der Waals surface area contributed by atoms with E-state index in [9.17, 15) is 9.18 Å². The van der Waals surface area contributed by atoms with Gasteiger partial charge in [-0.3, -0.25) is 9.79 Å². The number of hydrogen-bond donors (Lipinski definition) is 2. The average molecular weight is 415 g/mol. The number of hydrogen-bond acceptors (Lipinski definition) is 6. The number of hydrazone groups is 1. The van der Waals surface area contributed by atoms with E-state index in [1.165, 1.54) is 18.2 Å². The first-order valence-corrected chi connectivity index (χ1v) is 10.2. The van der Waals surface area contributed by atoms with E-state index in [1.54, 1.807) is 24.8 Å². The summed E-state index contributed by atoms with van der Waals surface area (Å²) < 4.78 is 18.3. The van der Waals surface area contributed by atoms with Crippen molar-refractivity contribution in [3.63, 3.8) is 0 Å². The number of amides is 1. The molecular weight excluding hydrogens is 391 g/mol. The normalized spacial score (nSPS) is 16.3. The van der Waals surface area contributed by atoms with Gasteiger partial charge in [-0.05, 0) is 43.2 Å². The Balaban J connectivity index is 1.48. The van der Waals surface area contributed by atoms with Gasteiger partial charge in [-0.15, -0.1) is 0 Å². The molecule has 2 aromatic rings. The van der Waals surface area contributed by atoms with Crippen LogP contribution in [0.15, 0.2) is 58.6 Å². The number of aliphatic imine (C=N–C) groups is 1. The van der Waals surface area contributed by atoms with Gasteiger partial charge in [0.1, 0.15) is 11.6 Å². The Morgan fingerprint density at radius 1 is 1.31 bits per heavy atom. The van der Waals surface area contributed by atoms with Gasteiger partial charge in [-0.2, -0.15) is 5.10 Å². The van der Waals surface area contributed by atoms with Crippen molar-refractivity contribution < 1.29 is 13.9 Å². The van der Waals surface area contributed by atoms with E-state index < -0.39 is 11.7 Å². The highest BCUT2D eigenvalue weighted by molar-refractivity contribution is 8.15. The molecule has 2 N–H and O–H groups in total. The molecule has 29 heavy (non-hydrogen) atoms. The largest absolute Gasteiger partial charge is 0.484 e. The topological polar surface area (TPSA) is 75.1 Å². The summed E-state index contributed by atoms with van der Waals surface area (Å²) in [7, 11) is 0. The van der Waals surface area contributed by atoms with E-state index in [0.717, 1.165) is 29.4 Å². The van der Waals surface area contributed by atoms with E-state index in [2.05, 4.69) is 27.8 Å². The Morgan fingerprint density at radius 3 is 2.79 bits per heavy atom. The van der Waals surface area contributed by atoms with Crippen LogP contribution in [0.3, 0.4) is 0 Å². The molecule has 152 valence electrons. The van der Waals surface area contributed by atoms with Crippen molar-refractivity contribution >= 4 is 34.2 Å². The molecule has 2 aromatic carbocycles. The smallest absolute Gasteiger partial charge is 0.277 e. The maximum atomic E-state index is 13.1. The molecule has 1 heterocycles. The number of amidine groups is 1. The molecule has 0 saturated heterocycles. The summed E-state index contributed by atoms with van der Waals surface area (Å²) in [4.78, 5) is 16.4. The van der Waals surface area contributed by atoms with Gasteiger partial charge >= 0.3 is 0 Å². The standard InChI is InChI=1S/C21H23FN4O2S/c1-3-19-12-23-21(29-19)24-17-9-7-15(8-10-17)14(2)25-26-20(27)13-28-18-6-4-5-16(22)11-18/h4-11,19H,3,12-13H2,1-2H3,(H,23,24)(H,26,27)/b25-14-/t19-/m0/s1. The van der Waals surface area contributed by atoms with Crippen molar-refractivity contribution in [2.75, 3.05) is 18.5 Å². The van der Waals surface area contributed by atoms with Gasteiger partial charge in [0.15, 0.2) is 11.8 Å². The number of carbonyl (C=O) groups is 1. The minimum absolute atomic E-state index is 0.248. The first-order valence-electron chi connectivity index (χ1n) is 9.33. The molecule has 0 radical (unpaired) electrons. The van der Waals surface area contributed by atoms with Gasteiger partial charge in [0.25, 0.3) is 5.91 Å². The molecule has 0 bridgehead atoms. The van der Waals surface area contributed by atoms with Crippen molar-refractivity contribution in [3.05, 3.63) is 59.9 Å². The molecule has 0 spiro atoms. The molecule has 8 heteroatoms. The van der Waals surface area contributed by atoms with Crippen LogP contribution in [-0.4, -0.2) is 35.2 Å². The Morgan fingerprint density at radius 2 is 2.10 bits per heavy atom. The SMILES string of the molecule is CC[C@H]1CN=C(Nc2ccc(/C(C)=N\NC(=O)COc3cccc(F)c3)cc2)S1. The lowest BCUT2D eigenvalue weighted by Crippen LogP contribution is -2.25. The first kappa shape index (κ1) is 20.9. The van der Waals surface area contributed by atoms with Gasteiger partial charge in [-0.25, -0.2) is 9.82 Å². The third kappa shape index (κ3) is 6.32. The summed E-state index contributed by atoms with van der Waals surface area (Å²) in [5.74, 6) is -0.550. The Labute approximate surface area is 173 Å². The first-order chi connectivity index (χ1) is 14.0. The van der Waals surface area contributed by atoms with Crippen LogP contribution in [0.5, 0.6) is 5.75 Å². The predicted octanol–water partition coefficient (Wildman–Crippen LogP) is 4.04.